The Balaban J connectivity index is 2.49. The van der Waals surface area contributed by atoms with Crippen LogP contribution in [0.2, 0.25) is 0 Å². The molecule has 1 rings (SSSR count). The maximum atomic E-state index is 3.79. The van der Waals surface area contributed by atoms with Crippen molar-refractivity contribution in [2.45, 2.75) is 58.5 Å². The lowest BCUT2D eigenvalue weighted by Crippen LogP contribution is -2.47. The fourth-order valence-corrected chi connectivity index (χ4v) is 3.95. The molecule has 0 amide bonds. The first-order valence-corrected chi connectivity index (χ1v) is 9.40. The molecule has 0 aliphatic heterocycles. The number of hydrogen-bond acceptors (Lipinski definition) is 3. The van der Waals surface area contributed by atoms with Crippen LogP contribution in [0.25, 0.3) is 0 Å². The van der Waals surface area contributed by atoms with Crippen molar-refractivity contribution in [2.75, 3.05) is 32.1 Å². The maximum absolute atomic E-state index is 3.79. The molecular formula is C16H34N2S. The fraction of sp³-hybridized carbons (Fsp3) is 1.00. The predicted molar refractivity (Wildman–Crippen MR) is 89.1 cm³/mol. The molecule has 1 fully saturated rings. The topological polar surface area (TPSA) is 15.3 Å². The van der Waals surface area contributed by atoms with E-state index in [0.717, 1.165) is 17.9 Å². The Bertz CT molecular complexity index is 233. The Kier molecular flexibility index (Phi) is 8.43. The lowest BCUT2D eigenvalue weighted by atomic mass is 9.78. The Labute approximate surface area is 125 Å². The number of nitrogens with zero attached hydrogens (tertiary/aromatic N) is 1. The van der Waals surface area contributed by atoms with Crippen molar-refractivity contribution in [3.05, 3.63) is 0 Å². The zero-order valence-corrected chi connectivity index (χ0v) is 14.4. The van der Waals surface area contributed by atoms with Gasteiger partial charge in [0.2, 0.25) is 0 Å². The zero-order valence-electron chi connectivity index (χ0n) is 13.6. The van der Waals surface area contributed by atoms with E-state index < -0.39 is 0 Å². The normalized spacial score (nSPS) is 29.7. The van der Waals surface area contributed by atoms with Gasteiger partial charge < -0.3 is 10.2 Å². The first-order valence-electron chi connectivity index (χ1n) is 8.01. The summed E-state index contributed by atoms with van der Waals surface area (Å²) in [7, 11) is 2.30. The predicted octanol–water partition coefficient (Wildman–Crippen LogP) is 3.47. The monoisotopic (exact) mass is 286 g/mol. The van der Waals surface area contributed by atoms with Crippen LogP contribution in [0, 0.1) is 11.8 Å². The molecule has 1 aliphatic carbocycles. The Morgan fingerprint density at radius 2 is 2.11 bits per heavy atom. The highest BCUT2D eigenvalue weighted by molar-refractivity contribution is 7.98. The molecule has 4 atom stereocenters. The third-order valence-electron chi connectivity index (χ3n) is 4.58. The molecule has 0 radical (unpaired) electrons. The van der Waals surface area contributed by atoms with E-state index in [1.807, 2.05) is 11.8 Å². The van der Waals surface area contributed by atoms with Crippen molar-refractivity contribution in [3.63, 3.8) is 0 Å². The summed E-state index contributed by atoms with van der Waals surface area (Å²) in [5.74, 6) is 2.99. The molecule has 1 saturated carbocycles. The molecular weight excluding hydrogens is 252 g/mol. The van der Waals surface area contributed by atoms with Crippen LogP contribution >= 0.6 is 11.8 Å². The van der Waals surface area contributed by atoms with Crippen LogP contribution in [-0.2, 0) is 0 Å². The van der Waals surface area contributed by atoms with Crippen LogP contribution in [0.5, 0.6) is 0 Å². The lowest BCUT2D eigenvalue weighted by Gasteiger charge is -2.39. The number of rotatable bonds is 8. The molecule has 1 aliphatic rings. The first kappa shape index (κ1) is 17.3. The summed E-state index contributed by atoms with van der Waals surface area (Å²) >= 11 is 1.96. The van der Waals surface area contributed by atoms with Crippen molar-refractivity contribution in [1.82, 2.24) is 10.2 Å². The van der Waals surface area contributed by atoms with Crippen LogP contribution in [0.15, 0.2) is 0 Å². The second-order valence-electron chi connectivity index (χ2n) is 6.48. The molecule has 0 aromatic carbocycles. The summed E-state index contributed by atoms with van der Waals surface area (Å²) in [5.41, 5.74) is 0. The molecule has 0 aromatic heterocycles. The van der Waals surface area contributed by atoms with Gasteiger partial charge in [0, 0.05) is 24.4 Å². The van der Waals surface area contributed by atoms with Crippen LogP contribution in [0.1, 0.15) is 46.5 Å². The summed E-state index contributed by atoms with van der Waals surface area (Å²) in [6.07, 6.45) is 7.63. The molecule has 4 unspecified atom stereocenters. The molecule has 0 aromatic rings. The highest BCUT2D eigenvalue weighted by Crippen LogP contribution is 2.30. The van der Waals surface area contributed by atoms with Gasteiger partial charge in [-0.3, -0.25) is 0 Å². The SMILES string of the molecule is CCCNC1CCC(C)CC1CN(C)C(C)CSC. The molecule has 2 nitrogen and oxygen atoms in total. The minimum atomic E-state index is 0.694. The van der Waals surface area contributed by atoms with Crippen LogP contribution < -0.4 is 5.32 Å². The van der Waals surface area contributed by atoms with Gasteiger partial charge in [-0.1, -0.05) is 13.8 Å². The highest BCUT2D eigenvalue weighted by atomic mass is 32.2. The Hall–Kier alpha value is 0.270. The van der Waals surface area contributed by atoms with E-state index in [9.17, 15) is 0 Å². The summed E-state index contributed by atoms with van der Waals surface area (Å²) in [5, 5.41) is 3.79. The van der Waals surface area contributed by atoms with Crippen LogP contribution in [-0.4, -0.2) is 49.1 Å². The molecule has 114 valence electrons. The highest BCUT2D eigenvalue weighted by Gasteiger charge is 2.29. The molecule has 0 spiro atoms. The minimum absolute atomic E-state index is 0.694. The third-order valence-corrected chi connectivity index (χ3v) is 5.40. The van der Waals surface area contributed by atoms with Gasteiger partial charge in [0.1, 0.15) is 0 Å². The number of hydrogen-bond donors (Lipinski definition) is 1. The van der Waals surface area contributed by atoms with E-state index in [1.165, 1.54) is 44.5 Å². The van der Waals surface area contributed by atoms with E-state index in [4.69, 9.17) is 0 Å². The van der Waals surface area contributed by atoms with E-state index >= 15 is 0 Å². The van der Waals surface area contributed by atoms with E-state index in [0.29, 0.717) is 6.04 Å². The zero-order chi connectivity index (χ0) is 14.3. The lowest BCUT2D eigenvalue weighted by molar-refractivity contribution is 0.145. The summed E-state index contributed by atoms with van der Waals surface area (Å²) in [4.78, 5) is 2.57. The van der Waals surface area contributed by atoms with Gasteiger partial charge in [-0.05, 0) is 64.3 Å². The largest absolute Gasteiger partial charge is 0.314 e. The van der Waals surface area contributed by atoms with Gasteiger partial charge in [0.05, 0.1) is 0 Å². The van der Waals surface area contributed by atoms with E-state index in [2.05, 4.69) is 44.3 Å². The standard InChI is InChI=1S/C16H34N2S/c1-6-9-17-16-8-7-13(2)10-15(16)11-18(4)14(3)12-19-5/h13-17H,6-12H2,1-5H3. The number of thioether (sulfide) groups is 1. The van der Waals surface area contributed by atoms with Gasteiger partial charge in [-0.2, -0.15) is 11.8 Å². The molecule has 1 N–H and O–H groups in total. The molecule has 19 heavy (non-hydrogen) atoms. The van der Waals surface area contributed by atoms with Gasteiger partial charge in [0.15, 0.2) is 0 Å². The second-order valence-corrected chi connectivity index (χ2v) is 7.39. The maximum Gasteiger partial charge on any atom is 0.0155 e. The van der Waals surface area contributed by atoms with Crippen LogP contribution in [0.4, 0.5) is 0 Å². The van der Waals surface area contributed by atoms with E-state index in [-0.39, 0.29) is 0 Å². The Morgan fingerprint density at radius 3 is 2.74 bits per heavy atom. The summed E-state index contributed by atoms with van der Waals surface area (Å²) in [6.45, 7) is 9.48. The molecule has 0 saturated heterocycles. The molecule has 0 heterocycles. The van der Waals surface area contributed by atoms with Gasteiger partial charge in [-0.15, -0.1) is 0 Å². The second kappa shape index (κ2) is 9.25. The fourth-order valence-electron chi connectivity index (χ4n) is 3.22. The van der Waals surface area contributed by atoms with Gasteiger partial charge in [-0.25, -0.2) is 0 Å². The van der Waals surface area contributed by atoms with Crippen molar-refractivity contribution in [2.24, 2.45) is 11.8 Å². The smallest absolute Gasteiger partial charge is 0.0155 e. The van der Waals surface area contributed by atoms with Crippen molar-refractivity contribution < 1.29 is 0 Å². The van der Waals surface area contributed by atoms with Crippen molar-refractivity contribution >= 4 is 11.8 Å². The van der Waals surface area contributed by atoms with Crippen molar-refractivity contribution in [1.29, 1.82) is 0 Å². The average molecular weight is 287 g/mol. The Morgan fingerprint density at radius 1 is 1.37 bits per heavy atom. The van der Waals surface area contributed by atoms with Crippen molar-refractivity contribution in [3.8, 4) is 0 Å². The van der Waals surface area contributed by atoms with E-state index in [1.54, 1.807) is 0 Å². The number of nitrogens with one attached hydrogen (secondary N) is 1. The summed E-state index contributed by atoms with van der Waals surface area (Å²) < 4.78 is 0. The molecule has 3 heteroatoms. The first-order chi connectivity index (χ1) is 9.08. The van der Waals surface area contributed by atoms with Gasteiger partial charge >= 0.3 is 0 Å². The average Bonchev–Trinajstić information content (AvgIpc) is 2.38. The molecule has 0 bridgehead atoms. The van der Waals surface area contributed by atoms with Gasteiger partial charge in [0.25, 0.3) is 0 Å². The quantitative estimate of drug-likeness (QED) is 0.735. The minimum Gasteiger partial charge on any atom is -0.314 e. The van der Waals surface area contributed by atoms with Crippen LogP contribution in [0.3, 0.4) is 0 Å². The third kappa shape index (κ3) is 6.05. The summed E-state index contributed by atoms with van der Waals surface area (Å²) in [6, 6.07) is 1.44.